The van der Waals surface area contributed by atoms with Gasteiger partial charge in [-0.15, -0.1) is 0 Å². The van der Waals surface area contributed by atoms with Gasteiger partial charge in [0.25, 0.3) is 0 Å². The summed E-state index contributed by atoms with van der Waals surface area (Å²) in [5, 5.41) is 12.9. The number of aliphatic hydroxyl groups excluding tert-OH is 1. The molecule has 1 atom stereocenters. The van der Waals surface area contributed by atoms with Crippen LogP contribution >= 0.6 is 15.9 Å². The fraction of sp³-hybridized carbons (Fsp3) is 0.294. The van der Waals surface area contributed by atoms with Crippen LogP contribution in [-0.2, 0) is 13.0 Å². The molecule has 2 aromatic carbocycles. The van der Waals surface area contributed by atoms with Crippen LogP contribution in [0.1, 0.15) is 11.1 Å². The van der Waals surface area contributed by atoms with E-state index in [9.17, 15) is 5.11 Å². The number of benzene rings is 2. The first kappa shape index (κ1) is 16.0. The number of rotatable bonds is 7. The maximum absolute atomic E-state index is 9.54. The highest BCUT2D eigenvalue weighted by molar-refractivity contribution is 9.10. The maximum atomic E-state index is 9.54. The zero-order valence-electron chi connectivity index (χ0n) is 12.1. The third-order valence-electron chi connectivity index (χ3n) is 3.37. The second-order valence-corrected chi connectivity index (χ2v) is 5.82. The van der Waals surface area contributed by atoms with Gasteiger partial charge in [0.15, 0.2) is 0 Å². The van der Waals surface area contributed by atoms with Crippen molar-refractivity contribution in [2.45, 2.75) is 19.0 Å². The first-order chi connectivity index (χ1) is 10.2. The van der Waals surface area contributed by atoms with E-state index in [4.69, 9.17) is 4.74 Å². The predicted molar refractivity (Wildman–Crippen MR) is 88.6 cm³/mol. The van der Waals surface area contributed by atoms with E-state index in [2.05, 4.69) is 33.4 Å². The standard InChI is InChI=1S/C17H20BrNO2/c1-21-17-8-7-15(18)10-14(17)11-19-16(12-20)9-13-5-3-2-4-6-13/h2-8,10,16,19-20H,9,11-12H2,1H3/t16-/m0/s1. The molecule has 0 spiro atoms. The molecule has 0 amide bonds. The van der Waals surface area contributed by atoms with E-state index in [-0.39, 0.29) is 12.6 Å². The molecule has 3 nitrogen and oxygen atoms in total. The van der Waals surface area contributed by atoms with Crippen LogP contribution in [0.4, 0.5) is 0 Å². The lowest BCUT2D eigenvalue weighted by molar-refractivity contribution is 0.240. The molecule has 2 rings (SSSR count). The lowest BCUT2D eigenvalue weighted by Gasteiger charge is -2.18. The third-order valence-corrected chi connectivity index (χ3v) is 3.86. The third kappa shape index (κ3) is 4.84. The summed E-state index contributed by atoms with van der Waals surface area (Å²) < 4.78 is 6.38. The first-order valence-electron chi connectivity index (χ1n) is 6.93. The molecular formula is C17H20BrNO2. The van der Waals surface area contributed by atoms with Gasteiger partial charge in [0.2, 0.25) is 0 Å². The quantitative estimate of drug-likeness (QED) is 0.806. The Labute approximate surface area is 134 Å². The van der Waals surface area contributed by atoms with Gasteiger partial charge < -0.3 is 15.2 Å². The van der Waals surface area contributed by atoms with E-state index in [1.54, 1.807) is 7.11 Å². The van der Waals surface area contributed by atoms with Crippen molar-refractivity contribution in [1.29, 1.82) is 0 Å². The van der Waals surface area contributed by atoms with Crippen LogP contribution < -0.4 is 10.1 Å². The van der Waals surface area contributed by atoms with E-state index < -0.39 is 0 Å². The Morgan fingerprint density at radius 3 is 2.62 bits per heavy atom. The Bertz CT molecular complexity index is 560. The van der Waals surface area contributed by atoms with E-state index in [0.29, 0.717) is 6.54 Å². The van der Waals surface area contributed by atoms with Crippen LogP contribution in [0.2, 0.25) is 0 Å². The average molecular weight is 350 g/mol. The monoisotopic (exact) mass is 349 g/mol. The van der Waals surface area contributed by atoms with E-state index in [0.717, 1.165) is 22.2 Å². The van der Waals surface area contributed by atoms with Crippen molar-refractivity contribution in [3.63, 3.8) is 0 Å². The normalized spacial score (nSPS) is 12.1. The van der Waals surface area contributed by atoms with Crippen LogP contribution in [0.25, 0.3) is 0 Å². The van der Waals surface area contributed by atoms with E-state index >= 15 is 0 Å². The molecule has 0 saturated heterocycles. The summed E-state index contributed by atoms with van der Waals surface area (Å²) in [4.78, 5) is 0. The minimum Gasteiger partial charge on any atom is -0.496 e. The molecule has 2 aromatic rings. The number of methoxy groups -OCH3 is 1. The molecule has 0 saturated carbocycles. The van der Waals surface area contributed by atoms with Crippen LogP contribution in [0, 0.1) is 0 Å². The number of hydrogen-bond acceptors (Lipinski definition) is 3. The SMILES string of the molecule is COc1ccc(Br)cc1CN[C@H](CO)Cc1ccccc1. The summed E-state index contributed by atoms with van der Waals surface area (Å²) in [6.45, 7) is 0.756. The minimum absolute atomic E-state index is 0.0242. The van der Waals surface area contributed by atoms with Crippen molar-refractivity contribution >= 4 is 15.9 Å². The van der Waals surface area contributed by atoms with Gasteiger partial charge in [-0.2, -0.15) is 0 Å². The predicted octanol–water partition coefficient (Wildman–Crippen LogP) is 3.15. The summed E-state index contributed by atoms with van der Waals surface area (Å²) in [6.07, 6.45) is 0.799. The molecule has 0 aromatic heterocycles. The Morgan fingerprint density at radius 2 is 1.95 bits per heavy atom. The van der Waals surface area contributed by atoms with Gasteiger partial charge in [-0.25, -0.2) is 0 Å². The van der Waals surface area contributed by atoms with Crippen molar-refractivity contribution in [3.05, 3.63) is 64.1 Å². The van der Waals surface area contributed by atoms with E-state index in [1.165, 1.54) is 5.56 Å². The summed E-state index contributed by atoms with van der Waals surface area (Å²) in [5.41, 5.74) is 2.28. The summed E-state index contributed by atoms with van der Waals surface area (Å²) in [6, 6.07) is 16.1. The number of halogens is 1. The van der Waals surface area contributed by atoms with Gasteiger partial charge in [0.05, 0.1) is 13.7 Å². The van der Waals surface area contributed by atoms with Gasteiger partial charge in [0.1, 0.15) is 5.75 Å². The van der Waals surface area contributed by atoms with Crippen LogP contribution in [-0.4, -0.2) is 24.9 Å². The lowest BCUT2D eigenvalue weighted by atomic mass is 10.1. The Kier molecular flexibility index (Phi) is 6.23. The maximum Gasteiger partial charge on any atom is 0.123 e. The molecule has 0 aliphatic carbocycles. The Balaban J connectivity index is 1.98. The van der Waals surface area contributed by atoms with Crippen molar-refractivity contribution in [1.82, 2.24) is 5.32 Å². The molecule has 0 fully saturated rings. The highest BCUT2D eigenvalue weighted by atomic mass is 79.9. The number of nitrogens with one attached hydrogen (secondary N) is 1. The number of aliphatic hydroxyl groups is 1. The molecule has 4 heteroatoms. The zero-order valence-corrected chi connectivity index (χ0v) is 13.6. The molecule has 2 N–H and O–H groups in total. The Morgan fingerprint density at radius 1 is 1.19 bits per heavy atom. The van der Waals surface area contributed by atoms with Gasteiger partial charge in [-0.05, 0) is 30.2 Å². The number of hydrogen-bond donors (Lipinski definition) is 2. The molecule has 0 radical (unpaired) electrons. The largest absolute Gasteiger partial charge is 0.496 e. The van der Waals surface area contributed by atoms with Crippen LogP contribution in [0.15, 0.2) is 53.0 Å². The number of ether oxygens (including phenoxy) is 1. The van der Waals surface area contributed by atoms with E-state index in [1.807, 2.05) is 36.4 Å². The zero-order chi connectivity index (χ0) is 15.1. The molecule has 0 unspecified atom stereocenters. The summed E-state index contributed by atoms with van der Waals surface area (Å²) >= 11 is 3.47. The van der Waals surface area contributed by atoms with Gasteiger partial charge in [-0.3, -0.25) is 0 Å². The second kappa shape index (κ2) is 8.17. The highest BCUT2D eigenvalue weighted by Crippen LogP contribution is 2.22. The average Bonchev–Trinajstić information content (AvgIpc) is 2.52. The van der Waals surface area contributed by atoms with Crippen LogP contribution in [0.5, 0.6) is 5.75 Å². The van der Waals surface area contributed by atoms with Gasteiger partial charge in [-0.1, -0.05) is 46.3 Å². The molecule has 0 bridgehead atoms. The molecule has 112 valence electrons. The topological polar surface area (TPSA) is 41.5 Å². The summed E-state index contributed by atoms with van der Waals surface area (Å²) in [5.74, 6) is 0.849. The molecule has 0 aliphatic rings. The molecule has 0 aliphatic heterocycles. The van der Waals surface area contributed by atoms with Crippen LogP contribution in [0.3, 0.4) is 0 Å². The second-order valence-electron chi connectivity index (χ2n) is 4.91. The smallest absolute Gasteiger partial charge is 0.123 e. The van der Waals surface area contributed by atoms with Crippen molar-refractivity contribution in [3.8, 4) is 5.75 Å². The highest BCUT2D eigenvalue weighted by Gasteiger charge is 2.10. The van der Waals surface area contributed by atoms with Gasteiger partial charge in [0, 0.05) is 22.6 Å². The fourth-order valence-corrected chi connectivity index (χ4v) is 2.65. The molecular weight excluding hydrogens is 330 g/mol. The van der Waals surface area contributed by atoms with Crippen molar-refractivity contribution in [2.75, 3.05) is 13.7 Å². The minimum atomic E-state index is 0.0242. The fourth-order valence-electron chi connectivity index (χ4n) is 2.24. The molecule has 0 heterocycles. The van der Waals surface area contributed by atoms with Crippen molar-refractivity contribution in [2.24, 2.45) is 0 Å². The molecule has 21 heavy (non-hydrogen) atoms. The Hall–Kier alpha value is -1.36. The lowest BCUT2D eigenvalue weighted by Crippen LogP contribution is -2.34. The van der Waals surface area contributed by atoms with Crippen molar-refractivity contribution < 1.29 is 9.84 Å². The summed E-state index contributed by atoms with van der Waals surface area (Å²) in [7, 11) is 1.67. The van der Waals surface area contributed by atoms with Gasteiger partial charge >= 0.3 is 0 Å². The first-order valence-corrected chi connectivity index (χ1v) is 7.73.